The number of ketones is 1. The summed E-state index contributed by atoms with van der Waals surface area (Å²) in [6.07, 6.45) is 4.70. The average Bonchev–Trinajstić information content (AvgIpc) is 3.16. The monoisotopic (exact) mass is 398 g/mol. The van der Waals surface area contributed by atoms with Crippen molar-refractivity contribution in [3.63, 3.8) is 0 Å². The van der Waals surface area contributed by atoms with Crippen LogP contribution in [0.15, 0.2) is 41.1 Å². The number of ether oxygens (including phenoxy) is 2. The van der Waals surface area contributed by atoms with E-state index in [1.807, 2.05) is 37.3 Å². The van der Waals surface area contributed by atoms with Gasteiger partial charge in [0.1, 0.15) is 28.7 Å². The Morgan fingerprint density at radius 1 is 1.29 bits per heavy atom. The summed E-state index contributed by atoms with van der Waals surface area (Å²) in [7, 11) is 0. The molecule has 0 N–H and O–H groups in total. The highest BCUT2D eigenvalue weighted by Gasteiger charge is 2.22. The molecule has 0 spiro atoms. The molecule has 0 saturated heterocycles. The topological polar surface area (TPSA) is 74.5 Å². The van der Waals surface area contributed by atoms with Gasteiger partial charge in [0.2, 0.25) is 0 Å². The third-order valence-corrected chi connectivity index (χ3v) is 5.45. The molecule has 0 aliphatic heterocycles. The minimum Gasteiger partial charge on any atom is -0.493 e. The van der Waals surface area contributed by atoms with Gasteiger partial charge in [-0.15, -0.1) is 0 Å². The van der Waals surface area contributed by atoms with Crippen molar-refractivity contribution in [2.24, 2.45) is 5.92 Å². The van der Waals surface area contributed by atoms with Crippen LogP contribution in [-0.4, -0.2) is 22.5 Å². The first kappa shape index (κ1) is 18.7. The van der Waals surface area contributed by atoms with Gasteiger partial charge in [-0.1, -0.05) is 23.4 Å². The minimum absolute atomic E-state index is 0.00281. The zero-order valence-electron chi connectivity index (χ0n) is 15.9. The maximum Gasteiger partial charge on any atom is 0.279 e. The average molecular weight is 398 g/mol. The van der Waals surface area contributed by atoms with Crippen LogP contribution in [0.1, 0.15) is 44.8 Å². The second-order valence-electron chi connectivity index (χ2n) is 7.24. The number of nitrogens with zero attached hydrogens (tertiary/aromatic N) is 2. The van der Waals surface area contributed by atoms with Gasteiger partial charge >= 0.3 is 0 Å². The number of carbonyl (C=O) groups is 1. The van der Waals surface area contributed by atoms with E-state index in [2.05, 4.69) is 10.1 Å². The van der Waals surface area contributed by atoms with Crippen molar-refractivity contribution in [3.8, 4) is 27.3 Å². The number of thiazole rings is 1. The van der Waals surface area contributed by atoms with Crippen molar-refractivity contribution in [1.82, 2.24) is 10.1 Å². The Kier molecular flexibility index (Phi) is 5.43. The number of hydrogen-bond donors (Lipinski definition) is 0. The number of rotatable bonds is 9. The minimum atomic E-state index is 0.00281. The van der Waals surface area contributed by atoms with E-state index in [9.17, 15) is 4.79 Å². The predicted molar refractivity (Wildman–Crippen MR) is 106 cm³/mol. The van der Waals surface area contributed by atoms with Crippen LogP contribution in [0.5, 0.6) is 16.7 Å². The molecule has 1 aliphatic rings. The molecule has 7 heteroatoms. The largest absolute Gasteiger partial charge is 0.493 e. The quantitative estimate of drug-likeness (QED) is 0.476. The van der Waals surface area contributed by atoms with Crippen LogP contribution in [0, 0.1) is 5.92 Å². The molecule has 0 radical (unpaired) electrons. The Labute approximate surface area is 167 Å². The highest BCUT2D eigenvalue weighted by Crippen LogP contribution is 2.35. The van der Waals surface area contributed by atoms with Crippen molar-refractivity contribution in [3.05, 3.63) is 42.3 Å². The van der Waals surface area contributed by atoms with E-state index in [-0.39, 0.29) is 11.7 Å². The maximum absolute atomic E-state index is 11.3. The van der Waals surface area contributed by atoms with Crippen LogP contribution in [0.4, 0.5) is 0 Å². The Morgan fingerprint density at radius 3 is 2.75 bits per heavy atom. The lowest BCUT2D eigenvalue weighted by molar-refractivity contribution is -0.117. The molecule has 1 fully saturated rings. The molecule has 1 aromatic carbocycles. The molecule has 0 amide bonds. The fourth-order valence-electron chi connectivity index (χ4n) is 2.80. The van der Waals surface area contributed by atoms with E-state index in [1.165, 1.54) is 24.2 Å². The maximum atomic E-state index is 11.3. The van der Waals surface area contributed by atoms with Crippen molar-refractivity contribution in [2.45, 2.75) is 39.0 Å². The predicted octanol–water partition coefficient (Wildman–Crippen LogP) is 5.46. The molecule has 4 rings (SSSR count). The lowest BCUT2D eigenvalue weighted by Gasteiger charge is -2.06. The van der Waals surface area contributed by atoms with E-state index in [4.69, 9.17) is 14.0 Å². The second-order valence-corrected chi connectivity index (χ2v) is 8.23. The molecule has 1 atom stereocenters. The summed E-state index contributed by atoms with van der Waals surface area (Å²) in [5, 5.41) is 4.63. The first-order chi connectivity index (χ1) is 13.6. The number of carbonyl (C=O) groups excluding carboxylic acids is 1. The van der Waals surface area contributed by atoms with Crippen molar-refractivity contribution in [1.29, 1.82) is 0 Å². The van der Waals surface area contributed by atoms with Crippen LogP contribution >= 0.6 is 11.3 Å². The zero-order chi connectivity index (χ0) is 19.5. The van der Waals surface area contributed by atoms with Crippen LogP contribution in [0.2, 0.25) is 0 Å². The summed E-state index contributed by atoms with van der Waals surface area (Å²) in [5.74, 6) is 3.12. The van der Waals surface area contributed by atoms with E-state index in [0.717, 1.165) is 23.2 Å². The van der Waals surface area contributed by atoms with Gasteiger partial charge in [0.15, 0.2) is 0 Å². The second kappa shape index (κ2) is 8.14. The molecular formula is C21H22N2O4S. The van der Waals surface area contributed by atoms with Gasteiger partial charge in [-0.3, -0.25) is 0 Å². The first-order valence-corrected chi connectivity index (χ1v) is 10.2. The molecule has 2 heterocycles. The number of Topliss-reactive ketones (excluding diaryl/α,β-unsaturated/α-hetero) is 1. The number of hydrogen-bond acceptors (Lipinski definition) is 7. The third kappa shape index (κ3) is 4.78. The van der Waals surface area contributed by atoms with Gasteiger partial charge in [0.05, 0.1) is 17.7 Å². The van der Waals surface area contributed by atoms with Gasteiger partial charge in [0.25, 0.3) is 5.19 Å². The first-order valence-electron chi connectivity index (χ1n) is 9.40. The van der Waals surface area contributed by atoms with E-state index in [0.29, 0.717) is 28.8 Å². The van der Waals surface area contributed by atoms with E-state index >= 15 is 0 Å². The summed E-state index contributed by atoms with van der Waals surface area (Å²) in [6, 6.07) is 9.43. The van der Waals surface area contributed by atoms with Crippen molar-refractivity contribution < 1.29 is 18.8 Å². The van der Waals surface area contributed by atoms with Crippen LogP contribution in [0.3, 0.4) is 0 Å². The molecule has 0 bridgehead atoms. The zero-order valence-corrected chi connectivity index (χ0v) is 16.7. The lowest BCUT2D eigenvalue weighted by atomic mass is 10.0. The highest BCUT2D eigenvalue weighted by molar-refractivity contribution is 7.16. The SMILES string of the molecule is CC(=O)C[C@@H](C)c1cc(-c2cnc(Oc3ccc(OCC4CC4)cc3)s2)no1. The Hall–Kier alpha value is -2.67. The normalized spacial score (nSPS) is 14.6. The van der Waals surface area contributed by atoms with Crippen LogP contribution < -0.4 is 9.47 Å². The van der Waals surface area contributed by atoms with Crippen LogP contribution in [0.25, 0.3) is 10.6 Å². The lowest BCUT2D eigenvalue weighted by Crippen LogP contribution is -1.98. The summed E-state index contributed by atoms with van der Waals surface area (Å²) in [5.41, 5.74) is 0.696. The summed E-state index contributed by atoms with van der Waals surface area (Å²) >= 11 is 1.39. The fourth-order valence-corrected chi connectivity index (χ4v) is 3.53. The molecule has 28 heavy (non-hydrogen) atoms. The van der Waals surface area contributed by atoms with Gasteiger partial charge in [-0.25, -0.2) is 4.98 Å². The standard InChI is InChI=1S/C21H22N2O4S/c1-13(9-14(2)24)19-10-18(23-27-19)20-11-22-21(28-20)26-17-7-5-16(6-8-17)25-12-15-3-4-15/h5-8,10-11,13,15H,3-4,9,12H2,1-2H3/t13-/m1/s1. The molecule has 1 saturated carbocycles. The van der Waals surface area contributed by atoms with Gasteiger partial charge in [0, 0.05) is 18.4 Å². The number of benzene rings is 1. The molecule has 6 nitrogen and oxygen atoms in total. The highest BCUT2D eigenvalue weighted by atomic mass is 32.1. The molecule has 0 unspecified atom stereocenters. The molecular weight excluding hydrogens is 376 g/mol. The summed E-state index contributed by atoms with van der Waals surface area (Å²) < 4.78 is 17.0. The Bertz CT molecular complexity index is 943. The number of aromatic nitrogens is 2. The van der Waals surface area contributed by atoms with Crippen LogP contribution in [-0.2, 0) is 4.79 Å². The Balaban J connectivity index is 1.37. The molecule has 2 aromatic heterocycles. The summed E-state index contributed by atoms with van der Waals surface area (Å²) in [6.45, 7) is 4.32. The smallest absolute Gasteiger partial charge is 0.279 e. The van der Waals surface area contributed by atoms with Gasteiger partial charge in [-0.05, 0) is 49.9 Å². The fraction of sp³-hybridized carbons (Fsp3) is 0.381. The summed E-state index contributed by atoms with van der Waals surface area (Å²) in [4.78, 5) is 16.4. The van der Waals surface area contributed by atoms with E-state index in [1.54, 1.807) is 13.1 Å². The molecule has 146 valence electrons. The van der Waals surface area contributed by atoms with Crippen molar-refractivity contribution >= 4 is 17.1 Å². The molecule has 3 aromatic rings. The van der Waals surface area contributed by atoms with Crippen molar-refractivity contribution in [2.75, 3.05) is 6.61 Å². The van der Waals surface area contributed by atoms with Gasteiger partial charge < -0.3 is 18.8 Å². The van der Waals surface area contributed by atoms with Gasteiger partial charge in [-0.2, -0.15) is 0 Å². The third-order valence-electron chi connectivity index (χ3n) is 4.56. The Morgan fingerprint density at radius 2 is 2.04 bits per heavy atom. The molecule has 1 aliphatic carbocycles. The van der Waals surface area contributed by atoms with E-state index < -0.39 is 0 Å².